The second-order valence-electron chi connectivity index (χ2n) is 1.85. The molecule has 8 heavy (non-hydrogen) atoms. The van der Waals surface area contributed by atoms with Crippen molar-refractivity contribution in [2.45, 2.75) is 33.1 Å². The molecular formula is C7H15N. The van der Waals surface area contributed by atoms with E-state index in [9.17, 15) is 0 Å². The molecule has 0 saturated heterocycles. The van der Waals surface area contributed by atoms with Gasteiger partial charge in [-0.1, -0.05) is 20.3 Å². The summed E-state index contributed by atoms with van der Waals surface area (Å²) >= 11 is 0. The molecule has 0 aliphatic heterocycles. The lowest BCUT2D eigenvalue weighted by molar-refractivity contribution is 0.808. The minimum absolute atomic E-state index is 1.02. The molecule has 0 radical (unpaired) electrons. The summed E-state index contributed by atoms with van der Waals surface area (Å²) in [5, 5.41) is 0. The molecule has 0 spiro atoms. The Kier molecular flexibility index (Phi) is 6.39. The van der Waals surface area contributed by atoms with E-state index >= 15 is 0 Å². The fourth-order valence-electron chi connectivity index (χ4n) is 0.470. The zero-order chi connectivity index (χ0) is 6.24. The molecular weight excluding hydrogens is 98.1 g/mol. The molecule has 0 saturated carbocycles. The zero-order valence-corrected chi connectivity index (χ0v) is 5.85. The SMILES string of the molecule is CC/C=N/CCCC. The largest absolute Gasteiger partial charge is 0.298 e. The van der Waals surface area contributed by atoms with Gasteiger partial charge in [-0.2, -0.15) is 0 Å². The third-order valence-electron chi connectivity index (χ3n) is 0.952. The molecule has 0 rings (SSSR count). The van der Waals surface area contributed by atoms with Gasteiger partial charge >= 0.3 is 0 Å². The number of unbranched alkanes of at least 4 members (excludes halogenated alkanes) is 1. The lowest BCUT2D eigenvalue weighted by atomic mass is 10.3. The zero-order valence-electron chi connectivity index (χ0n) is 5.85. The predicted octanol–water partition coefficient (Wildman–Crippen LogP) is 2.27. The Morgan fingerprint density at radius 2 is 2.12 bits per heavy atom. The van der Waals surface area contributed by atoms with Crippen molar-refractivity contribution >= 4 is 6.21 Å². The summed E-state index contributed by atoms with van der Waals surface area (Å²) in [6.45, 7) is 5.31. The molecule has 0 aromatic rings. The third kappa shape index (κ3) is 5.67. The van der Waals surface area contributed by atoms with E-state index in [2.05, 4.69) is 18.8 Å². The van der Waals surface area contributed by atoms with Gasteiger partial charge in [0.2, 0.25) is 0 Å². The van der Waals surface area contributed by atoms with Gasteiger partial charge in [0.1, 0.15) is 0 Å². The highest BCUT2D eigenvalue weighted by molar-refractivity contribution is 5.56. The number of aliphatic imine (C=N–C) groups is 1. The van der Waals surface area contributed by atoms with Crippen LogP contribution in [0.3, 0.4) is 0 Å². The lowest BCUT2D eigenvalue weighted by Crippen LogP contribution is -1.78. The molecule has 48 valence electrons. The van der Waals surface area contributed by atoms with Gasteiger partial charge in [0.15, 0.2) is 0 Å². The molecule has 0 unspecified atom stereocenters. The summed E-state index contributed by atoms with van der Waals surface area (Å²) in [4.78, 5) is 4.15. The quantitative estimate of drug-likeness (QED) is 0.391. The van der Waals surface area contributed by atoms with Crippen LogP contribution in [-0.4, -0.2) is 12.8 Å². The van der Waals surface area contributed by atoms with Crippen molar-refractivity contribution in [3.63, 3.8) is 0 Å². The van der Waals surface area contributed by atoms with Crippen molar-refractivity contribution < 1.29 is 0 Å². The van der Waals surface area contributed by atoms with Crippen LogP contribution < -0.4 is 0 Å². The average molecular weight is 113 g/mol. The van der Waals surface area contributed by atoms with Crippen molar-refractivity contribution in [2.24, 2.45) is 4.99 Å². The van der Waals surface area contributed by atoms with Crippen molar-refractivity contribution in [1.29, 1.82) is 0 Å². The van der Waals surface area contributed by atoms with E-state index in [1.165, 1.54) is 12.8 Å². The van der Waals surface area contributed by atoms with Gasteiger partial charge in [0.25, 0.3) is 0 Å². The molecule has 0 aromatic heterocycles. The van der Waals surface area contributed by atoms with Crippen LogP contribution in [0.5, 0.6) is 0 Å². The number of rotatable bonds is 4. The van der Waals surface area contributed by atoms with Crippen molar-refractivity contribution in [3.8, 4) is 0 Å². The van der Waals surface area contributed by atoms with Gasteiger partial charge in [-0.15, -0.1) is 0 Å². The van der Waals surface area contributed by atoms with Gasteiger partial charge in [0, 0.05) is 6.54 Å². The van der Waals surface area contributed by atoms with Crippen LogP contribution in [0.15, 0.2) is 4.99 Å². The summed E-state index contributed by atoms with van der Waals surface area (Å²) in [6, 6.07) is 0. The summed E-state index contributed by atoms with van der Waals surface area (Å²) in [5.74, 6) is 0. The van der Waals surface area contributed by atoms with Crippen molar-refractivity contribution in [1.82, 2.24) is 0 Å². The summed E-state index contributed by atoms with van der Waals surface area (Å²) in [5.41, 5.74) is 0. The van der Waals surface area contributed by atoms with Crippen LogP contribution in [0.25, 0.3) is 0 Å². The van der Waals surface area contributed by atoms with E-state index < -0.39 is 0 Å². The smallest absolute Gasteiger partial charge is 0.0385 e. The highest BCUT2D eigenvalue weighted by Gasteiger charge is 1.74. The van der Waals surface area contributed by atoms with Crippen LogP contribution in [0.2, 0.25) is 0 Å². The van der Waals surface area contributed by atoms with E-state index in [-0.39, 0.29) is 0 Å². The first-order valence-electron chi connectivity index (χ1n) is 3.40. The first-order chi connectivity index (χ1) is 3.91. The molecule has 0 bridgehead atoms. The van der Waals surface area contributed by atoms with Crippen LogP contribution in [0.4, 0.5) is 0 Å². The maximum Gasteiger partial charge on any atom is 0.0385 e. The van der Waals surface area contributed by atoms with Crippen LogP contribution >= 0.6 is 0 Å². The number of hydrogen-bond acceptors (Lipinski definition) is 1. The Morgan fingerprint density at radius 1 is 1.38 bits per heavy atom. The Balaban J connectivity index is 2.80. The topological polar surface area (TPSA) is 12.4 Å². The molecule has 1 heteroatoms. The van der Waals surface area contributed by atoms with Gasteiger partial charge in [-0.3, -0.25) is 4.99 Å². The molecule has 0 fully saturated rings. The second kappa shape index (κ2) is 6.67. The number of nitrogens with zero attached hydrogens (tertiary/aromatic N) is 1. The van der Waals surface area contributed by atoms with Gasteiger partial charge in [-0.25, -0.2) is 0 Å². The molecule has 0 atom stereocenters. The summed E-state index contributed by atoms with van der Waals surface area (Å²) in [7, 11) is 0. The van der Waals surface area contributed by atoms with Crippen molar-refractivity contribution in [3.05, 3.63) is 0 Å². The Morgan fingerprint density at radius 3 is 2.62 bits per heavy atom. The first kappa shape index (κ1) is 7.67. The molecule has 1 nitrogen and oxygen atoms in total. The normalized spacial score (nSPS) is 10.8. The summed E-state index contributed by atoms with van der Waals surface area (Å²) in [6.07, 6.45) is 5.54. The fraction of sp³-hybridized carbons (Fsp3) is 0.857. The van der Waals surface area contributed by atoms with E-state index in [1.54, 1.807) is 0 Å². The number of hydrogen-bond donors (Lipinski definition) is 0. The van der Waals surface area contributed by atoms with Gasteiger partial charge < -0.3 is 0 Å². The van der Waals surface area contributed by atoms with E-state index in [1.807, 2.05) is 6.21 Å². The average Bonchev–Trinajstić information content (AvgIpc) is 1.81. The lowest BCUT2D eigenvalue weighted by Gasteiger charge is -1.86. The predicted molar refractivity (Wildman–Crippen MR) is 38.6 cm³/mol. The van der Waals surface area contributed by atoms with Crippen molar-refractivity contribution in [2.75, 3.05) is 6.54 Å². The molecule has 0 aromatic carbocycles. The maximum atomic E-state index is 4.15. The molecule has 0 amide bonds. The Hall–Kier alpha value is -0.330. The monoisotopic (exact) mass is 113 g/mol. The van der Waals surface area contributed by atoms with Crippen LogP contribution in [0.1, 0.15) is 33.1 Å². The second-order valence-corrected chi connectivity index (χ2v) is 1.85. The third-order valence-corrected chi connectivity index (χ3v) is 0.952. The first-order valence-corrected chi connectivity index (χ1v) is 3.40. The molecule has 0 N–H and O–H groups in total. The molecule has 0 aliphatic rings. The minimum atomic E-state index is 1.02. The molecule has 0 heterocycles. The van der Waals surface area contributed by atoms with Gasteiger partial charge in [-0.05, 0) is 19.1 Å². The van der Waals surface area contributed by atoms with E-state index in [0.29, 0.717) is 0 Å². The Labute approximate surface area is 51.8 Å². The highest BCUT2D eigenvalue weighted by Crippen LogP contribution is 1.85. The highest BCUT2D eigenvalue weighted by atomic mass is 14.7. The van der Waals surface area contributed by atoms with Crippen LogP contribution in [0, 0.1) is 0 Å². The fourth-order valence-corrected chi connectivity index (χ4v) is 0.470. The summed E-state index contributed by atoms with van der Waals surface area (Å²) < 4.78 is 0. The molecule has 0 aliphatic carbocycles. The van der Waals surface area contributed by atoms with Gasteiger partial charge in [0.05, 0.1) is 0 Å². The Bertz CT molecular complexity index is 57.4. The van der Waals surface area contributed by atoms with E-state index in [4.69, 9.17) is 0 Å². The van der Waals surface area contributed by atoms with Crippen LogP contribution in [-0.2, 0) is 0 Å². The maximum absolute atomic E-state index is 4.15. The standard InChI is InChI=1S/C7H15N/c1-3-5-7-8-6-4-2/h6H,3-5,7H2,1-2H3/b8-6+. The van der Waals surface area contributed by atoms with E-state index in [0.717, 1.165) is 13.0 Å². The minimum Gasteiger partial charge on any atom is -0.298 e.